The van der Waals surface area contributed by atoms with Crippen molar-refractivity contribution >= 4 is 50.3 Å². The number of halogens is 1. The molecule has 0 aliphatic carbocycles. The molecule has 3 aromatic carbocycles. The molecule has 4 aromatic rings. The van der Waals surface area contributed by atoms with E-state index in [-0.39, 0.29) is 11.0 Å². The van der Waals surface area contributed by atoms with Crippen molar-refractivity contribution in [3.05, 3.63) is 87.9 Å². The summed E-state index contributed by atoms with van der Waals surface area (Å²) in [5, 5.41) is 6.03. The van der Waals surface area contributed by atoms with E-state index in [2.05, 4.69) is 57.5 Å². The Morgan fingerprint density at radius 2 is 1.84 bits per heavy atom. The second-order valence-corrected chi connectivity index (χ2v) is 8.98. The first kappa shape index (κ1) is 22.2. The van der Waals surface area contributed by atoms with Crippen LogP contribution in [0.15, 0.2) is 75.6 Å². The highest BCUT2D eigenvalue weighted by molar-refractivity contribution is 9.10. The standard InChI is InChI=1S/C25H22BrN3O2S/c1-15(2)18-11-12-22-21(13-18)28-24(31-22)17-9-7-16(8-10-17)14-27-25(32)29-23(30)19-5-3-4-6-20(19)26/h3-13,15H,14H2,1-2H3,(H2,27,29,30,32). The predicted octanol–water partition coefficient (Wildman–Crippen LogP) is 6.19. The average Bonchev–Trinajstić information content (AvgIpc) is 3.21. The minimum absolute atomic E-state index is 0.262. The van der Waals surface area contributed by atoms with E-state index in [4.69, 9.17) is 16.6 Å². The van der Waals surface area contributed by atoms with Crippen molar-refractivity contribution in [2.24, 2.45) is 0 Å². The molecule has 0 saturated heterocycles. The number of nitrogens with one attached hydrogen (secondary N) is 2. The fourth-order valence-corrected chi connectivity index (χ4v) is 3.86. The van der Waals surface area contributed by atoms with Gasteiger partial charge in [0.15, 0.2) is 10.7 Å². The van der Waals surface area contributed by atoms with Gasteiger partial charge in [0.2, 0.25) is 5.89 Å². The third-order valence-corrected chi connectivity index (χ3v) is 6.02. The predicted molar refractivity (Wildman–Crippen MR) is 135 cm³/mol. The molecule has 0 bridgehead atoms. The zero-order valence-electron chi connectivity index (χ0n) is 17.7. The number of hydrogen-bond donors (Lipinski definition) is 2. The third kappa shape index (κ3) is 5.06. The SMILES string of the molecule is CC(C)c1ccc2oc(-c3ccc(CNC(=S)NC(=O)c4ccccc4Br)cc3)nc2c1. The highest BCUT2D eigenvalue weighted by Crippen LogP contribution is 2.27. The number of hydrogen-bond acceptors (Lipinski definition) is 4. The summed E-state index contributed by atoms with van der Waals surface area (Å²) in [4.78, 5) is 17.0. The van der Waals surface area contributed by atoms with E-state index < -0.39 is 0 Å². The Kier molecular flexibility index (Phi) is 6.67. The van der Waals surface area contributed by atoms with Gasteiger partial charge in [-0.05, 0) is 81.6 Å². The smallest absolute Gasteiger partial charge is 0.258 e. The lowest BCUT2D eigenvalue weighted by atomic mass is 10.0. The molecule has 0 aliphatic rings. The number of nitrogens with zero attached hydrogens (tertiary/aromatic N) is 1. The number of benzene rings is 3. The van der Waals surface area contributed by atoms with Crippen LogP contribution in [0, 0.1) is 0 Å². The van der Waals surface area contributed by atoms with E-state index in [0.717, 1.165) is 26.7 Å². The van der Waals surface area contributed by atoms with Gasteiger partial charge < -0.3 is 9.73 Å². The Bertz CT molecular complexity index is 1280. The maximum Gasteiger partial charge on any atom is 0.258 e. The highest BCUT2D eigenvalue weighted by Gasteiger charge is 2.12. The summed E-state index contributed by atoms with van der Waals surface area (Å²) in [6, 6.07) is 21.2. The summed E-state index contributed by atoms with van der Waals surface area (Å²) in [6.07, 6.45) is 0. The van der Waals surface area contributed by atoms with Crippen molar-refractivity contribution in [1.29, 1.82) is 0 Å². The number of amides is 1. The molecule has 1 amide bonds. The molecular weight excluding hydrogens is 486 g/mol. The normalized spacial score (nSPS) is 11.0. The van der Waals surface area contributed by atoms with Gasteiger partial charge in [-0.15, -0.1) is 0 Å². The van der Waals surface area contributed by atoms with Crippen LogP contribution in [0.3, 0.4) is 0 Å². The Morgan fingerprint density at radius 3 is 2.56 bits per heavy atom. The Morgan fingerprint density at radius 1 is 1.09 bits per heavy atom. The molecule has 0 saturated carbocycles. The minimum Gasteiger partial charge on any atom is -0.436 e. The lowest BCUT2D eigenvalue weighted by molar-refractivity contribution is 0.0976. The molecule has 2 N–H and O–H groups in total. The molecule has 0 fully saturated rings. The van der Waals surface area contributed by atoms with Crippen LogP contribution >= 0.6 is 28.1 Å². The molecule has 0 atom stereocenters. The topological polar surface area (TPSA) is 67.2 Å². The number of oxazole rings is 1. The molecule has 0 aliphatic heterocycles. The molecule has 32 heavy (non-hydrogen) atoms. The zero-order chi connectivity index (χ0) is 22.7. The van der Waals surface area contributed by atoms with Gasteiger partial charge in [-0.2, -0.15) is 0 Å². The summed E-state index contributed by atoms with van der Waals surface area (Å²) >= 11 is 8.63. The van der Waals surface area contributed by atoms with Crippen LogP contribution < -0.4 is 10.6 Å². The minimum atomic E-state index is -0.262. The van der Waals surface area contributed by atoms with Crippen molar-refractivity contribution in [2.45, 2.75) is 26.3 Å². The van der Waals surface area contributed by atoms with Crippen molar-refractivity contribution in [3.8, 4) is 11.5 Å². The van der Waals surface area contributed by atoms with Gasteiger partial charge in [0.25, 0.3) is 5.91 Å². The van der Waals surface area contributed by atoms with Crippen molar-refractivity contribution in [1.82, 2.24) is 15.6 Å². The van der Waals surface area contributed by atoms with Gasteiger partial charge in [0.05, 0.1) is 5.56 Å². The van der Waals surface area contributed by atoms with Gasteiger partial charge in [0.1, 0.15) is 5.52 Å². The molecule has 1 aromatic heterocycles. The maximum absolute atomic E-state index is 12.3. The fourth-order valence-electron chi connectivity index (χ4n) is 3.23. The Labute approximate surface area is 200 Å². The molecule has 0 radical (unpaired) electrons. The van der Waals surface area contributed by atoms with Crippen molar-refractivity contribution in [3.63, 3.8) is 0 Å². The summed E-state index contributed by atoms with van der Waals surface area (Å²) in [7, 11) is 0. The molecule has 5 nitrogen and oxygen atoms in total. The van der Waals surface area contributed by atoms with Crippen molar-refractivity contribution in [2.75, 3.05) is 0 Å². The van der Waals surface area contributed by atoms with Gasteiger partial charge in [0, 0.05) is 16.6 Å². The van der Waals surface area contributed by atoms with Crippen molar-refractivity contribution < 1.29 is 9.21 Å². The third-order valence-electron chi connectivity index (χ3n) is 5.08. The summed E-state index contributed by atoms with van der Waals surface area (Å²) in [6.45, 7) is 4.81. The first-order valence-electron chi connectivity index (χ1n) is 10.2. The van der Waals surface area contributed by atoms with E-state index in [1.165, 1.54) is 5.56 Å². The van der Waals surface area contributed by atoms with Gasteiger partial charge in [-0.3, -0.25) is 10.1 Å². The quantitative estimate of drug-likeness (QED) is 0.315. The lowest BCUT2D eigenvalue weighted by Gasteiger charge is -2.10. The van der Waals surface area contributed by atoms with E-state index in [9.17, 15) is 4.79 Å². The van der Waals surface area contributed by atoms with Crippen LogP contribution in [0.2, 0.25) is 0 Å². The Hall–Kier alpha value is -3.03. The Balaban J connectivity index is 1.38. The summed E-state index contributed by atoms with van der Waals surface area (Å²) in [5.41, 5.74) is 5.33. The molecule has 0 unspecified atom stereocenters. The van der Waals surface area contributed by atoms with Crippen LogP contribution in [0.4, 0.5) is 0 Å². The number of thiocarbonyl (C=S) groups is 1. The van der Waals surface area contributed by atoms with Crippen LogP contribution in [-0.4, -0.2) is 16.0 Å². The monoisotopic (exact) mass is 507 g/mol. The zero-order valence-corrected chi connectivity index (χ0v) is 20.1. The number of carbonyl (C=O) groups is 1. The van der Waals surface area contributed by atoms with Gasteiger partial charge in [-0.25, -0.2) is 4.98 Å². The van der Waals surface area contributed by atoms with E-state index in [0.29, 0.717) is 23.9 Å². The first-order chi connectivity index (χ1) is 15.4. The highest BCUT2D eigenvalue weighted by atomic mass is 79.9. The maximum atomic E-state index is 12.3. The average molecular weight is 508 g/mol. The number of fused-ring (bicyclic) bond motifs is 1. The largest absolute Gasteiger partial charge is 0.436 e. The first-order valence-corrected chi connectivity index (χ1v) is 11.4. The molecule has 7 heteroatoms. The number of rotatable bonds is 5. The summed E-state index contributed by atoms with van der Waals surface area (Å²) < 4.78 is 6.64. The second kappa shape index (κ2) is 9.63. The molecule has 0 spiro atoms. The summed E-state index contributed by atoms with van der Waals surface area (Å²) in [5.74, 6) is 0.773. The van der Waals surface area contributed by atoms with E-state index in [1.807, 2.05) is 42.5 Å². The molecule has 162 valence electrons. The van der Waals surface area contributed by atoms with Crippen LogP contribution in [0.1, 0.15) is 41.3 Å². The number of aromatic nitrogens is 1. The molecule has 4 rings (SSSR count). The molecule has 1 heterocycles. The number of carbonyl (C=O) groups excluding carboxylic acids is 1. The van der Waals surface area contributed by atoms with Gasteiger partial charge >= 0.3 is 0 Å². The van der Waals surface area contributed by atoms with Crippen LogP contribution in [0.5, 0.6) is 0 Å². The van der Waals surface area contributed by atoms with E-state index >= 15 is 0 Å². The fraction of sp³-hybridized carbons (Fsp3) is 0.160. The lowest BCUT2D eigenvalue weighted by Crippen LogP contribution is -2.38. The van der Waals surface area contributed by atoms with Gasteiger partial charge in [-0.1, -0.05) is 44.2 Å². The van der Waals surface area contributed by atoms with Crippen LogP contribution in [0.25, 0.3) is 22.6 Å². The van der Waals surface area contributed by atoms with E-state index in [1.54, 1.807) is 12.1 Å². The second-order valence-electron chi connectivity index (χ2n) is 7.71. The molecular formula is C25H22BrN3O2S. The van der Waals surface area contributed by atoms with Crippen LogP contribution in [-0.2, 0) is 6.54 Å².